The van der Waals surface area contributed by atoms with E-state index in [1.54, 1.807) is 30.3 Å². The minimum absolute atomic E-state index is 0.242. The van der Waals surface area contributed by atoms with Gasteiger partial charge in [0.25, 0.3) is 5.91 Å². The van der Waals surface area contributed by atoms with Crippen LogP contribution in [0.1, 0.15) is 10.4 Å². The van der Waals surface area contributed by atoms with E-state index in [9.17, 15) is 4.79 Å². The second-order valence-electron chi connectivity index (χ2n) is 4.05. The molecule has 2 heterocycles. The molecule has 3 N–H and O–H groups in total. The Kier molecular flexibility index (Phi) is 3.25. The van der Waals surface area contributed by atoms with E-state index in [4.69, 9.17) is 17.3 Å². The number of amides is 1. The topological polar surface area (TPSA) is 80.9 Å². The summed E-state index contributed by atoms with van der Waals surface area (Å²) in [4.78, 5) is 20.3. The predicted octanol–water partition coefficient (Wildman–Crippen LogP) is 3.18. The van der Waals surface area contributed by atoms with Crippen LogP contribution in [0.3, 0.4) is 0 Å². The Hall–Kier alpha value is -2.18. The van der Waals surface area contributed by atoms with Gasteiger partial charge in [-0.1, -0.05) is 22.9 Å². The number of thiazole rings is 1. The molecular weight excluding hydrogens is 296 g/mol. The van der Waals surface area contributed by atoms with Crippen LogP contribution < -0.4 is 11.1 Å². The molecule has 3 rings (SSSR count). The molecule has 0 aliphatic rings. The second kappa shape index (κ2) is 5.07. The van der Waals surface area contributed by atoms with E-state index in [-0.39, 0.29) is 5.91 Å². The van der Waals surface area contributed by atoms with Gasteiger partial charge in [0.15, 0.2) is 5.13 Å². The van der Waals surface area contributed by atoms with Crippen LogP contribution in [0.5, 0.6) is 0 Å². The number of rotatable bonds is 2. The quantitative estimate of drug-likeness (QED) is 0.762. The Bertz CT molecular complexity index is 785. The normalized spacial score (nSPS) is 10.7. The number of aromatic nitrogens is 2. The van der Waals surface area contributed by atoms with Crippen molar-refractivity contribution in [3.63, 3.8) is 0 Å². The van der Waals surface area contributed by atoms with E-state index in [2.05, 4.69) is 15.3 Å². The van der Waals surface area contributed by atoms with Gasteiger partial charge < -0.3 is 11.1 Å². The van der Waals surface area contributed by atoms with Gasteiger partial charge in [-0.05, 0) is 30.3 Å². The van der Waals surface area contributed by atoms with Gasteiger partial charge in [-0.15, -0.1) is 0 Å². The monoisotopic (exact) mass is 304 g/mol. The van der Waals surface area contributed by atoms with Crippen LogP contribution in [0.2, 0.25) is 5.02 Å². The molecule has 1 amide bonds. The predicted molar refractivity (Wildman–Crippen MR) is 81.2 cm³/mol. The zero-order valence-electron chi connectivity index (χ0n) is 10.1. The number of benzene rings is 1. The summed E-state index contributed by atoms with van der Waals surface area (Å²) in [7, 11) is 0. The van der Waals surface area contributed by atoms with Crippen LogP contribution in [0.25, 0.3) is 10.2 Å². The maximum Gasteiger partial charge on any atom is 0.256 e. The number of fused-ring (bicyclic) bond motifs is 1. The number of carbonyl (C=O) groups is 1. The van der Waals surface area contributed by atoms with Crippen LogP contribution in [0.4, 0.5) is 10.9 Å². The lowest BCUT2D eigenvalue weighted by atomic mass is 10.2. The van der Waals surface area contributed by atoms with Gasteiger partial charge in [0.05, 0.1) is 15.2 Å². The summed E-state index contributed by atoms with van der Waals surface area (Å²) in [5.74, 6) is 0.206. The number of nitrogens with one attached hydrogen (secondary N) is 1. The summed E-state index contributed by atoms with van der Waals surface area (Å²) >= 11 is 7.09. The lowest BCUT2D eigenvalue weighted by Gasteiger charge is -2.04. The number of anilines is 2. The molecule has 0 saturated heterocycles. The van der Waals surface area contributed by atoms with Crippen molar-refractivity contribution < 1.29 is 4.79 Å². The molecule has 2 aromatic heterocycles. The molecule has 5 nitrogen and oxygen atoms in total. The van der Waals surface area contributed by atoms with E-state index in [1.165, 1.54) is 17.5 Å². The van der Waals surface area contributed by atoms with Gasteiger partial charge in [-0.2, -0.15) is 0 Å². The third kappa shape index (κ3) is 2.56. The molecule has 7 heteroatoms. The number of hydrogen-bond acceptors (Lipinski definition) is 5. The first kappa shape index (κ1) is 12.8. The van der Waals surface area contributed by atoms with Crippen molar-refractivity contribution in [1.82, 2.24) is 9.97 Å². The summed E-state index contributed by atoms with van der Waals surface area (Å²) in [5.41, 5.74) is 6.95. The highest BCUT2D eigenvalue weighted by Crippen LogP contribution is 2.24. The van der Waals surface area contributed by atoms with Crippen molar-refractivity contribution in [2.45, 2.75) is 0 Å². The van der Waals surface area contributed by atoms with Crippen LogP contribution in [0, 0.1) is 0 Å². The molecule has 0 fully saturated rings. The average molecular weight is 305 g/mol. The number of nitrogen functional groups attached to an aromatic ring is 1. The van der Waals surface area contributed by atoms with Crippen molar-refractivity contribution in [2.24, 2.45) is 0 Å². The summed E-state index contributed by atoms with van der Waals surface area (Å²) in [5, 5.41) is 3.70. The van der Waals surface area contributed by atoms with Crippen LogP contribution in [0.15, 0.2) is 36.5 Å². The maximum absolute atomic E-state index is 12.1. The summed E-state index contributed by atoms with van der Waals surface area (Å²) in [6.07, 6.45) is 1.48. The van der Waals surface area contributed by atoms with E-state index in [0.29, 0.717) is 21.5 Å². The van der Waals surface area contributed by atoms with Crippen LogP contribution in [-0.4, -0.2) is 15.9 Å². The molecule has 0 bridgehead atoms. The first-order valence-electron chi connectivity index (χ1n) is 5.71. The van der Waals surface area contributed by atoms with Gasteiger partial charge in [-0.25, -0.2) is 9.97 Å². The Labute approximate surface area is 123 Å². The minimum atomic E-state index is -0.242. The Balaban J connectivity index is 1.86. The van der Waals surface area contributed by atoms with Crippen molar-refractivity contribution in [1.29, 1.82) is 0 Å². The van der Waals surface area contributed by atoms with Gasteiger partial charge in [0.2, 0.25) is 0 Å². The smallest absolute Gasteiger partial charge is 0.256 e. The fourth-order valence-corrected chi connectivity index (χ4v) is 2.61. The zero-order chi connectivity index (χ0) is 14.1. The Morgan fingerprint density at radius 2 is 2.15 bits per heavy atom. The van der Waals surface area contributed by atoms with Crippen molar-refractivity contribution in [2.75, 3.05) is 11.1 Å². The van der Waals surface area contributed by atoms with Gasteiger partial charge >= 0.3 is 0 Å². The highest BCUT2D eigenvalue weighted by Gasteiger charge is 2.09. The van der Waals surface area contributed by atoms with E-state index >= 15 is 0 Å². The van der Waals surface area contributed by atoms with Crippen LogP contribution >= 0.6 is 22.9 Å². The van der Waals surface area contributed by atoms with E-state index < -0.39 is 0 Å². The lowest BCUT2D eigenvalue weighted by Crippen LogP contribution is -2.12. The third-order valence-electron chi connectivity index (χ3n) is 2.64. The number of nitrogens with two attached hydrogens (primary N) is 1. The molecule has 0 saturated carbocycles. The standard InChI is InChI=1S/C13H9ClN4OS/c14-8-2-4-11(16-6-8)18-12(19)7-1-3-9-10(5-7)20-13(15)17-9/h1-6H,(H2,15,17)(H,16,18,19). The van der Waals surface area contributed by atoms with Crippen molar-refractivity contribution in [3.05, 3.63) is 47.1 Å². The third-order valence-corrected chi connectivity index (χ3v) is 3.71. The summed E-state index contributed by atoms with van der Waals surface area (Å²) in [6.45, 7) is 0. The SMILES string of the molecule is Nc1nc2ccc(C(=O)Nc3ccc(Cl)cn3)cc2s1. The number of hydrogen-bond donors (Lipinski definition) is 2. The highest BCUT2D eigenvalue weighted by atomic mass is 35.5. The molecule has 1 aromatic carbocycles. The number of pyridine rings is 1. The largest absolute Gasteiger partial charge is 0.375 e. The molecule has 0 aliphatic heterocycles. The first-order valence-corrected chi connectivity index (χ1v) is 6.90. The number of nitrogens with zero attached hydrogens (tertiary/aromatic N) is 2. The zero-order valence-corrected chi connectivity index (χ0v) is 11.7. The van der Waals surface area contributed by atoms with Crippen molar-refractivity contribution >= 4 is 50.0 Å². The van der Waals surface area contributed by atoms with Gasteiger partial charge in [-0.3, -0.25) is 4.79 Å². The van der Waals surface area contributed by atoms with Gasteiger partial charge in [0.1, 0.15) is 5.82 Å². The summed E-state index contributed by atoms with van der Waals surface area (Å²) in [6, 6.07) is 8.54. The van der Waals surface area contributed by atoms with Gasteiger partial charge in [0, 0.05) is 11.8 Å². The molecule has 0 spiro atoms. The molecule has 0 atom stereocenters. The number of carbonyl (C=O) groups excluding carboxylic acids is 1. The van der Waals surface area contributed by atoms with E-state index in [0.717, 1.165) is 10.2 Å². The van der Waals surface area contributed by atoms with E-state index in [1.807, 2.05) is 0 Å². The molecule has 0 aliphatic carbocycles. The minimum Gasteiger partial charge on any atom is -0.375 e. The maximum atomic E-state index is 12.1. The second-order valence-corrected chi connectivity index (χ2v) is 5.55. The van der Waals surface area contributed by atoms with Crippen molar-refractivity contribution in [3.8, 4) is 0 Å². The molecule has 0 unspecified atom stereocenters. The van der Waals surface area contributed by atoms with Crippen LogP contribution in [-0.2, 0) is 0 Å². The molecular formula is C13H9ClN4OS. The average Bonchev–Trinajstić information content (AvgIpc) is 2.80. The Morgan fingerprint density at radius 1 is 1.30 bits per heavy atom. The fourth-order valence-electron chi connectivity index (χ4n) is 1.72. The molecule has 0 radical (unpaired) electrons. The first-order chi connectivity index (χ1) is 9.61. The summed E-state index contributed by atoms with van der Waals surface area (Å²) < 4.78 is 0.874. The molecule has 20 heavy (non-hydrogen) atoms. The highest BCUT2D eigenvalue weighted by molar-refractivity contribution is 7.22. The lowest BCUT2D eigenvalue weighted by molar-refractivity contribution is 0.102. The molecule has 3 aromatic rings. The molecule has 100 valence electrons. The number of halogens is 1. The Morgan fingerprint density at radius 3 is 2.90 bits per heavy atom. The fraction of sp³-hybridized carbons (Fsp3) is 0.